The van der Waals surface area contributed by atoms with E-state index in [9.17, 15) is 0 Å². The highest BCUT2D eigenvalue weighted by molar-refractivity contribution is 4.39. The van der Waals surface area contributed by atoms with Crippen molar-refractivity contribution in [3.8, 4) is 0 Å². The van der Waals surface area contributed by atoms with Gasteiger partial charge in [-0.15, -0.1) is 0 Å². The van der Waals surface area contributed by atoms with Crippen molar-refractivity contribution in [2.75, 3.05) is 172 Å². The number of ether oxygens (including phenoxy) is 13. The molecule has 13 nitrogen and oxygen atoms in total. The molecule has 0 saturated heterocycles. The number of hydrogen-bond donors (Lipinski definition) is 0. The lowest BCUT2D eigenvalue weighted by Crippen LogP contribution is -2.15. The molecule has 0 amide bonds. The molecule has 0 heterocycles. The quantitative estimate of drug-likeness (QED) is 0.0932. The van der Waals surface area contributed by atoms with Crippen LogP contribution in [0.4, 0.5) is 0 Å². The summed E-state index contributed by atoms with van der Waals surface area (Å²) >= 11 is 0. The third kappa shape index (κ3) is 39.5. The van der Waals surface area contributed by atoms with E-state index in [1.165, 1.54) is 0 Å². The predicted molar refractivity (Wildman–Crippen MR) is 157 cm³/mol. The van der Waals surface area contributed by atoms with Crippen LogP contribution < -0.4 is 0 Å². The fourth-order valence-corrected chi connectivity index (χ4v) is 2.91. The van der Waals surface area contributed by atoms with E-state index in [0.29, 0.717) is 159 Å². The van der Waals surface area contributed by atoms with Gasteiger partial charge in [-0.2, -0.15) is 0 Å². The van der Waals surface area contributed by atoms with E-state index in [1.54, 1.807) is 7.11 Å². The molecule has 0 aliphatic rings. The van der Waals surface area contributed by atoms with Crippen molar-refractivity contribution < 1.29 is 61.6 Å². The van der Waals surface area contributed by atoms with E-state index in [4.69, 9.17) is 61.6 Å². The molecule has 0 aromatic heterocycles. The number of methoxy groups -OCH3 is 1. The molecule has 0 aromatic rings. The first-order valence-corrected chi connectivity index (χ1v) is 15.3. The van der Waals surface area contributed by atoms with Gasteiger partial charge in [0.15, 0.2) is 0 Å². The summed E-state index contributed by atoms with van der Waals surface area (Å²) in [6.07, 6.45) is 2.24. The normalized spacial score (nSPS) is 11.6. The molecule has 0 atom stereocenters. The van der Waals surface area contributed by atoms with Gasteiger partial charge >= 0.3 is 0 Å². The van der Waals surface area contributed by atoms with Crippen LogP contribution in [0.25, 0.3) is 0 Å². The monoisotopic (exact) mass is 616 g/mol. The van der Waals surface area contributed by atoms with E-state index in [0.717, 1.165) is 19.4 Å². The Morgan fingerprint density at radius 2 is 0.405 bits per heavy atom. The Morgan fingerprint density at radius 1 is 0.238 bits per heavy atom. The third-order valence-corrected chi connectivity index (χ3v) is 5.17. The van der Waals surface area contributed by atoms with Gasteiger partial charge in [-0.05, 0) is 6.42 Å². The zero-order chi connectivity index (χ0) is 30.3. The molecule has 0 radical (unpaired) electrons. The summed E-state index contributed by atoms with van der Waals surface area (Å²) in [6, 6.07) is 0. The van der Waals surface area contributed by atoms with Crippen molar-refractivity contribution in [1.82, 2.24) is 0 Å². The summed E-state index contributed by atoms with van der Waals surface area (Å²) in [5.74, 6) is 0. The molecular formula is C29H60O13. The van der Waals surface area contributed by atoms with E-state index in [-0.39, 0.29) is 0 Å². The second kappa shape index (κ2) is 40.5. The molecule has 0 aromatic carbocycles. The van der Waals surface area contributed by atoms with Gasteiger partial charge in [0.2, 0.25) is 0 Å². The second-order valence-corrected chi connectivity index (χ2v) is 8.69. The molecule has 0 rings (SSSR count). The lowest BCUT2D eigenvalue weighted by Gasteiger charge is -2.09. The van der Waals surface area contributed by atoms with Crippen LogP contribution in [0.2, 0.25) is 0 Å². The van der Waals surface area contributed by atoms with Crippen molar-refractivity contribution in [3.05, 3.63) is 0 Å². The minimum atomic E-state index is 0.516. The lowest BCUT2D eigenvalue weighted by molar-refractivity contribution is -0.0287. The highest BCUT2D eigenvalue weighted by atomic mass is 16.6. The van der Waals surface area contributed by atoms with Gasteiger partial charge in [0, 0.05) is 13.7 Å². The fraction of sp³-hybridized carbons (Fsp3) is 1.00. The van der Waals surface area contributed by atoms with Crippen molar-refractivity contribution in [1.29, 1.82) is 0 Å². The van der Waals surface area contributed by atoms with E-state index in [2.05, 4.69) is 6.92 Å². The zero-order valence-electron chi connectivity index (χ0n) is 26.4. The molecule has 13 heteroatoms. The van der Waals surface area contributed by atoms with Crippen LogP contribution >= 0.6 is 0 Å². The molecule has 0 N–H and O–H groups in total. The minimum absolute atomic E-state index is 0.516. The summed E-state index contributed by atoms with van der Waals surface area (Å²) in [5.41, 5.74) is 0. The van der Waals surface area contributed by atoms with E-state index in [1.807, 2.05) is 0 Å². The Morgan fingerprint density at radius 3 is 0.571 bits per heavy atom. The maximum Gasteiger partial charge on any atom is 0.0701 e. The predicted octanol–water partition coefficient (Wildman–Crippen LogP) is 1.63. The van der Waals surface area contributed by atoms with Gasteiger partial charge in [0.25, 0.3) is 0 Å². The molecule has 0 aliphatic carbocycles. The smallest absolute Gasteiger partial charge is 0.0701 e. The zero-order valence-corrected chi connectivity index (χ0v) is 26.4. The summed E-state index contributed by atoms with van der Waals surface area (Å²) in [5, 5.41) is 0. The maximum atomic E-state index is 5.47. The van der Waals surface area contributed by atoms with Gasteiger partial charge in [0.05, 0.1) is 159 Å². The van der Waals surface area contributed by atoms with Crippen molar-refractivity contribution in [3.63, 3.8) is 0 Å². The van der Waals surface area contributed by atoms with Crippen LogP contribution in [0.3, 0.4) is 0 Å². The fourth-order valence-electron chi connectivity index (χ4n) is 2.91. The molecular weight excluding hydrogens is 556 g/mol. The van der Waals surface area contributed by atoms with Gasteiger partial charge < -0.3 is 61.6 Å². The lowest BCUT2D eigenvalue weighted by atomic mass is 10.4. The average molecular weight is 617 g/mol. The Bertz CT molecular complexity index is 423. The van der Waals surface area contributed by atoms with Crippen molar-refractivity contribution in [2.24, 2.45) is 0 Å². The average Bonchev–Trinajstić information content (AvgIpc) is 3.00. The highest BCUT2D eigenvalue weighted by Gasteiger charge is 1.96. The van der Waals surface area contributed by atoms with Crippen molar-refractivity contribution in [2.45, 2.75) is 19.8 Å². The van der Waals surface area contributed by atoms with Crippen LogP contribution in [-0.2, 0) is 61.6 Å². The third-order valence-electron chi connectivity index (χ3n) is 5.17. The first kappa shape index (κ1) is 41.5. The number of unbranched alkanes of at least 4 members (excludes halogenated alkanes) is 1. The summed E-state index contributed by atoms with van der Waals surface area (Å²) in [7, 11) is 1.65. The van der Waals surface area contributed by atoms with Gasteiger partial charge in [-0.25, -0.2) is 0 Å². The van der Waals surface area contributed by atoms with Gasteiger partial charge in [-0.3, -0.25) is 0 Å². The SMILES string of the molecule is CCCCOCCOCCOCCOCCOCCOCCOCCOCCOCCOCCOCCOCCOC. The first-order chi connectivity index (χ1) is 20.9. The maximum absolute atomic E-state index is 5.47. The van der Waals surface area contributed by atoms with Crippen LogP contribution in [0.15, 0.2) is 0 Å². The molecule has 0 aliphatic heterocycles. The second-order valence-electron chi connectivity index (χ2n) is 8.69. The Balaban J connectivity index is 3.02. The largest absolute Gasteiger partial charge is 0.382 e. The summed E-state index contributed by atoms with van der Waals surface area (Å²) in [4.78, 5) is 0. The number of rotatable bonds is 39. The van der Waals surface area contributed by atoms with Crippen LogP contribution in [0.5, 0.6) is 0 Å². The van der Waals surface area contributed by atoms with Crippen LogP contribution in [0.1, 0.15) is 19.8 Å². The Kier molecular flexibility index (Phi) is 40.0. The summed E-state index contributed by atoms with van der Waals surface area (Å²) in [6.45, 7) is 16.0. The Hall–Kier alpha value is -0.520. The highest BCUT2D eigenvalue weighted by Crippen LogP contribution is 1.89. The number of hydrogen-bond acceptors (Lipinski definition) is 13. The van der Waals surface area contributed by atoms with Crippen LogP contribution in [-0.4, -0.2) is 172 Å². The topological polar surface area (TPSA) is 120 Å². The standard InChI is InChI=1S/C29H60O13/c1-3-4-5-31-8-9-33-12-13-35-16-17-37-20-21-39-24-25-41-28-29-42-27-26-40-23-22-38-19-18-36-15-14-34-11-10-32-7-6-30-2/h3-29H2,1-2H3. The van der Waals surface area contributed by atoms with E-state index >= 15 is 0 Å². The molecule has 0 unspecified atom stereocenters. The summed E-state index contributed by atoms with van der Waals surface area (Å²) < 4.78 is 70.1. The molecule has 42 heavy (non-hydrogen) atoms. The first-order valence-electron chi connectivity index (χ1n) is 15.3. The van der Waals surface area contributed by atoms with Crippen LogP contribution in [0, 0.1) is 0 Å². The molecule has 0 saturated carbocycles. The van der Waals surface area contributed by atoms with E-state index < -0.39 is 0 Å². The molecule has 254 valence electrons. The van der Waals surface area contributed by atoms with Gasteiger partial charge in [0.1, 0.15) is 0 Å². The molecule has 0 bridgehead atoms. The minimum Gasteiger partial charge on any atom is -0.382 e. The molecule has 0 spiro atoms. The molecule has 0 fully saturated rings. The van der Waals surface area contributed by atoms with Crippen molar-refractivity contribution >= 4 is 0 Å². The van der Waals surface area contributed by atoms with Gasteiger partial charge in [-0.1, -0.05) is 13.3 Å². The Labute approximate surface area is 253 Å².